The van der Waals surface area contributed by atoms with Crippen LogP contribution in [-0.4, -0.2) is 62.3 Å². The van der Waals surface area contributed by atoms with Crippen LogP contribution in [0.25, 0.3) is 0 Å². The molecule has 2 N–H and O–H groups in total. The number of morpholine rings is 1. The molecule has 6 heteroatoms. The van der Waals surface area contributed by atoms with Crippen molar-refractivity contribution in [2.45, 2.75) is 39.8 Å². The molecule has 0 aliphatic carbocycles. The van der Waals surface area contributed by atoms with E-state index in [-0.39, 0.29) is 24.0 Å². The van der Waals surface area contributed by atoms with Gasteiger partial charge in [-0.25, -0.2) is 0 Å². The molecular weight excluding hydrogens is 355 g/mol. The van der Waals surface area contributed by atoms with Crippen LogP contribution in [0.4, 0.5) is 0 Å². The Bertz CT molecular complexity index is 255. The molecule has 0 aromatic heterocycles. The lowest BCUT2D eigenvalue weighted by atomic mass is 10.2. The molecule has 1 atom stereocenters. The molecule has 0 bridgehead atoms. The van der Waals surface area contributed by atoms with Crippen LogP contribution in [0.2, 0.25) is 0 Å². The van der Waals surface area contributed by atoms with E-state index in [2.05, 4.69) is 48.2 Å². The number of hydrogen-bond donors (Lipinski definition) is 2. The van der Waals surface area contributed by atoms with Crippen LogP contribution in [0.3, 0.4) is 0 Å². The van der Waals surface area contributed by atoms with E-state index in [0.29, 0.717) is 12.1 Å². The van der Waals surface area contributed by atoms with Crippen molar-refractivity contribution in [1.29, 1.82) is 0 Å². The summed E-state index contributed by atoms with van der Waals surface area (Å²) in [6, 6.07) is 0.873. The molecule has 0 aromatic carbocycles. The Morgan fingerprint density at radius 3 is 2.42 bits per heavy atom. The maximum absolute atomic E-state index is 5.36. The zero-order valence-electron chi connectivity index (χ0n) is 12.6. The third kappa shape index (κ3) is 7.94. The summed E-state index contributed by atoms with van der Waals surface area (Å²) in [6.07, 6.45) is 0. The van der Waals surface area contributed by atoms with Gasteiger partial charge in [0.15, 0.2) is 5.96 Å². The van der Waals surface area contributed by atoms with Crippen molar-refractivity contribution in [3.63, 3.8) is 0 Å². The van der Waals surface area contributed by atoms with Crippen molar-refractivity contribution in [1.82, 2.24) is 15.5 Å². The minimum Gasteiger partial charge on any atom is -0.379 e. The molecular formula is C13H29IN4O. The third-order valence-electron chi connectivity index (χ3n) is 2.95. The van der Waals surface area contributed by atoms with Crippen molar-refractivity contribution in [3.05, 3.63) is 0 Å². The first-order valence-electron chi connectivity index (χ1n) is 7.00. The minimum absolute atomic E-state index is 0. The number of hydrogen-bond acceptors (Lipinski definition) is 3. The first-order valence-corrected chi connectivity index (χ1v) is 7.00. The second-order valence-electron chi connectivity index (χ2n) is 5.02. The highest BCUT2D eigenvalue weighted by Crippen LogP contribution is 2.03. The van der Waals surface area contributed by atoms with Gasteiger partial charge in [-0.15, -0.1) is 24.0 Å². The second-order valence-corrected chi connectivity index (χ2v) is 5.02. The van der Waals surface area contributed by atoms with Crippen LogP contribution in [0, 0.1) is 0 Å². The van der Waals surface area contributed by atoms with E-state index in [1.165, 1.54) is 0 Å². The quantitative estimate of drug-likeness (QED) is 0.426. The molecule has 0 amide bonds. The number of ether oxygens (including phenoxy) is 1. The van der Waals surface area contributed by atoms with Gasteiger partial charge < -0.3 is 15.4 Å². The lowest BCUT2D eigenvalue weighted by molar-refractivity contribution is 0.0220. The fourth-order valence-electron chi connectivity index (χ4n) is 1.95. The van der Waals surface area contributed by atoms with E-state index in [1.54, 1.807) is 0 Å². The smallest absolute Gasteiger partial charge is 0.191 e. The highest BCUT2D eigenvalue weighted by atomic mass is 127. The molecule has 0 aromatic rings. The van der Waals surface area contributed by atoms with E-state index in [9.17, 15) is 0 Å². The van der Waals surface area contributed by atoms with Crippen molar-refractivity contribution >= 4 is 29.9 Å². The van der Waals surface area contributed by atoms with E-state index in [0.717, 1.165) is 45.4 Å². The van der Waals surface area contributed by atoms with E-state index < -0.39 is 0 Å². The van der Waals surface area contributed by atoms with Gasteiger partial charge in [0.2, 0.25) is 0 Å². The molecule has 1 saturated heterocycles. The summed E-state index contributed by atoms with van der Waals surface area (Å²) in [5, 5.41) is 6.60. The molecule has 1 heterocycles. The van der Waals surface area contributed by atoms with Crippen molar-refractivity contribution in [2.24, 2.45) is 4.99 Å². The fourth-order valence-corrected chi connectivity index (χ4v) is 1.95. The third-order valence-corrected chi connectivity index (χ3v) is 2.95. The monoisotopic (exact) mass is 384 g/mol. The molecule has 0 saturated carbocycles. The lowest BCUT2D eigenvalue weighted by Crippen LogP contribution is -2.45. The molecule has 19 heavy (non-hydrogen) atoms. The van der Waals surface area contributed by atoms with Crippen LogP contribution >= 0.6 is 24.0 Å². The maximum Gasteiger partial charge on any atom is 0.191 e. The molecule has 1 fully saturated rings. The normalized spacial score (nSPS) is 18.9. The van der Waals surface area contributed by atoms with E-state index in [4.69, 9.17) is 4.74 Å². The van der Waals surface area contributed by atoms with Gasteiger partial charge in [0.05, 0.1) is 19.8 Å². The van der Waals surface area contributed by atoms with Crippen LogP contribution in [0.15, 0.2) is 4.99 Å². The van der Waals surface area contributed by atoms with Gasteiger partial charge in [-0.3, -0.25) is 9.89 Å². The topological polar surface area (TPSA) is 48.9 Å². The summed E-state index contributed by atoms with van der Waals surface area (Å²) in [7, 11) is 0. The van der Waals surface area contributed by atoms with E-state index >= 15 is 0 Å². The Morgan fingerprint density at radius 1 is 1.26 bits per heavy atom. The van der Waals surface area contributed by atoms with Gasteiger partial charge in [0.1, 0.15) is 0 Å². The highest BCUT2D eigenvalue weighted by molar-refractivity contribution is 14.0. The number of rotatable bonds is 5. The maximum atomic E-state index is 5.36. The SMILES string of the molecule is CCNC(=NCC(C)N1CCOCC1)NC(C)C.I. The molecule has 1 rings (SSSR count). The summed E-state index contributed by atoms with van der Waals surface area (Å²) < 4.78 is 5.36. The van der Waals surface area contributed by atoms with E-state index in [1.807, 2.05) is 0 Å². The Labute approximate surface area is 134 Å². The molecule has 1 aliphatic heterocycles. The first kappa shape index (κ1) is 18.9. The number of halogens is 1. The Balaban J connectivity index is 0.00000324. The molecule has 114 valence electrons. The van der Waals surface area contributed by atoms with Crippen molar-refractivity contribution in [2.75, 3.05) is 39.4 Å². The molecule has 0 spiro atoms. The van der Waals surface area contributed by atoms with Crippen molar-refractivity contribution < 1.29 is 4.74 Å². The van der Waals surface area contributed by atoms with Crippen LogP contribution in [0.5, 0.6) is 0 Å². The largest absolute Gasteiger partial charge is 0.379 e. The van der Waals surface area contributed by atoms with Gasteiger partial charge in [-0.05, 0) is 27.7 Å². The Morgan fingerprint density at radius 2 is 1.89 bits per heavy atom. The number of nitrogens with one attached hydrogen (secondary N) is 2. The van der Waals surface area contributed by atoms with Crippen molar-refractivity contribution in [3.8, 4) is 0 Å². The number of nitrogens with zero attached hydrogens (tertiary/aromatic N) is 2. The number of aliphatic imine (C=N–C) groups is 1. The summed E-state index contributed by atoms with van der Waals surface area (Å²) in [4.78, 5) is 7.08. The first-order chi connectivity index (χ1) is 8.63. The van der Waals surface area contributed by atoms with Crippen LogP contribution in [0.1, 0.15) is 27.7 Å². The zero-order valence-corrected chi connectivity index (χ0v) is 14.9. The highest BCUT2D eigenvalue weighted by Gasteiger charge is 2.16. The predicted molar refractivity (Wildman–Crippen MR) is 91.5 cm³/mol. The standard InChI is InChI=1S/C13H28N4O.HI/c1-5-14-13(16-11(2)3)15-10-12(4)17-6-8-18-9-7-17;/h11-12H,5-10H2,1-4H3,(H2,14,15,16);1H. The van der Waals surface area contributed by atoms with Gasteiger partial charge >= 0.3 is 0 Å². The summed E-state index contributed by atoms with van der Waals surface area (Å²) in [5.41, 5.74) is 0. The van der Waals surface area contributed by atoms with Gasteiger partial charge in [-0.2, -0.15) is 0 Å². The number of guanidine groups is 1. The molecule has 1 aliphatic rings. The Hall–Kier alpha value is -0.0800. The molecule has 0 radical (unpaired) electrons. The fraction of sp³-hybridized carbons (Fsp3) is 0.923. The summed E-state index contributed by atoms with van der Waals surface area (Å²) >= 11 is 0. The zero-order chi connectivity index (χ0) is 13.4. The molecule has 5 nitrogen and oxygen atoms in total. The van der Waals surface area contributed by atoms with Gasteiger partial charge in [0.25, 0.3) is 0 Å². The van der Waals surface area contributed by atoms with Crippen LogP contribution < -0.4 is 10.6 Å². The van der Waals surface area contributed by atoms with Crippen LogP contribution in [-0.2, 0) is 4.74 Å². The average molecular weight is 384 g/mol. The van der Waals surface area contributed by atoms with Gasteiger partial charge in [-0.1, -0.05) is 0 Å². The molecule has 1 unspecified atom stereocenters. The lowest BCUT2D eigenvalue weighted by Gasteiger charge is -2.31. The Kier molecular flexibility index (Phi) is 10.6. The summed E-state index contributed by atoms with van der Waals surface area (Å²) in [5.74, 6) is 0.910. The minimum atomic E-state index is 0. The second kappa shape index (κ2) is 10.7. The predicted octanol–water partition coefficient (Wildman–Crippen LogP) is 1.29. The van der Waals surface area contributed by atoms with Gasteiger partial charge in [0, 0.05) is 31.7 Å². The average Bonchev–Trinajstić information content (AvgIpc) is 2.36. The summed E-state index contributed by atoms with van der Waals surface area (Å²) in [6.45, 7) is 14.0.